The zero-order chi connectivity index (χ0) is 25.2. The van der Waals surface area contributed by atoms with Crippen molar-refractivity contribution in [1.29, 1.82) is 0 Å². The van der Waals surface area contributed by atoms with Crippen molar-refractivity contribution in [1.82, 2.24) is 0 Å². The Bertz CT molecular complexity index is 1510. The van der Waals surface area contributed by atoms with Gasteiger partial charge in [0.2, 0.25) is 0 Å². The normalized spacial score (nSPS) is 21.1. The third kappa shape index (κ3) is 2.51. The van der Waals surface area contributed by atoms with E-state index < -0.39 is 5.60 Å². The van der Waals surface area contributed by atoms with Crippen LogP contribution in [0.4, 0.5) is 17.1 Å². The smallest absolute Gasteiger partial charge is 0.340 e. The van der Waals surface area contributed by atoms with Gasteiger partial charge >= 0.3 is 5.97 Å². The van der Waals surface area contributed by atoms with Gasteiger partial charge in [-0.05, 0) is 86.8 Å². The fraction of sp³-hybridized carbons (Fsp3) is 0.406. The van der Waals surface area contributed by atoms with E-state index in [9.17, 15) is 4.79 Å². The van der Waals surface area contributed by atoms with E-state index in [0.29, 0.717) is 11.3 Å². The van der Waals surface area contributed by atoms with Crippen molar-refractivity contribution in [2.75, 3.05) is 41.7 Å². The summed E-state index contributed by atoms with van der Waals surface area (Å²) in [6, 6.07) is 10.3. The molecule has 0 saturated carbocycles. The number of nitrogens with zero attached hydrogens (tertiary/aromatic N) is 2. The lowest BCUT2D eigenvalue weighted by atomic mass is 9.72. The minimum absolute atomic E-state index is 0.299. The number of nitrogen functional groups attached to an aromatic ring is 1. The van der Waals surface area contributed by atoms with Gasteiger partial charge < -0.3 is 25.0 Å². The van der Waals surface area contributed by atoms with Crippen LogP contribution in [0.15, 0.2) is 30.3 Å². The SMILES string of the molecule is Nc1ccc2c(c1)C(=O)OC21c2cc3c4c(c2Oc2c1cc1c5c2CCCN5CCC1)CCCN4CCC3. The maximum atomic E-state index is 13.6. The van der Waals surface area contributed by atoms with E-state index in [2.05, 4.69) is 21.9 Å². The van der Waals surface area contributed by atoms with Crippen molar-refractivity contribution in [2.45, 2.75) is 57.0 Å². The number of hydrogen-bond donors (Lipinski definition) is 1. The largest absolute Gasteiger partial charge is 0.456 e. The van der Waals surface area contributed by atoms with Gasteiger partial charge in [0.25, 0.3) is 0 Å². The summed E-state index contributed by atoms with van der Waals surface area (Å²) in [4.78, 5) is 18.7. The molecule has 38 heavy (non-hydrogen) atoms. The lowest BCUT2D eigenvalue weighted by molar-refractivity contribution is 0.0222. The number of rotatable bonds is 0. The van der Waals surface area contributed by atoms with E-state index in [-0.39, 0.29) is 5.97 Å². The Labute approximate surface area is 222 Å². The number of carbonyl (C=O) groups is 1. The predicted molar refractivity (Wildman–Crippen MR) is 147 cm³/mol. The van der Waals surface area contributed by atoms with Crippen LogP contribution in [0, 0.1) is 0 Å². The number of carbonyl (C=O) groups excluding carboxylic acids is 1. The van der Waals surface area contributed by atoms with Gasteiger partial charge in [0.1, 0.15) is 11.5 Å². The summed E-state index contributed by atoms with van der Waals surface area (Å²) < 4.78 is 13.7. The van der Waals surface area contributed by atoms with Crippen LogP contribution in [-0.2, 0) is 36.0 Å². The van der Waals surface area contributed by atoms with Crippen LogP contribution in [0.3, 0.4) is 0 Å². The molecule has 1 spiro atoms. The third-order valence-electron chi connectivity index (χ3n) is 9.80. The number of ether oxygens (including phenoxy) is 2. The van der Waals surface area contributed by atoms with Crippen LogP contribution in [0.25, 0.3) is 0 Å². The molecule has 0 amide bonds. The Morgan fingerprint density at radius 2 is 1.26 bits per heavy atom. The summed E-state index contributed by atoms with van der Waals surface area (Å²) >= 11 is 0. The Morgan fingerprint density at radius 3 is 1.84 bits per heavy atom. The molecule has 6 aliphatic rings. The monoisotopic (exact) mass is 505 g/mol. The Kier molecular flexibility index (Phi) is 4.06. The molecule has 9 rings (SSSR count). The topological polar surface area (TPSA) is 68.0 Å². The molecule has 0 aromatic heterocycles. The minimum atomic E-state index is -1.01. The Hall–Kier alpha value is -3.67. The van der Waals surface area contributed by atoms with Crippen LogP contribution < -0.4 is 20.3 Å². The van der Waals surface area contributed by atoms with E-state index in [1.807, 2.05) is 12.1 Å². The summed E-state index contributed by atoms with van der Waals surface area (Å²) in [6.45, 7) is 4.41. The van der Waals surface area contributed by atoms with Crippen molar-refractivity contribution in [3.05, 3.63) is 74.8 Å². The molecule has 3 aromatic carbocycles. The van der Waals surface area contributed by atoms with Gasteiger partial charge in [0.15, 0.2) is 5.60 Å². The van der Waals surface area contributed by atoms with Gasteiger partial charge in [-0.1, -0.05) is 6.07 Å². The molecule has 6 heterocycles. The van der Waals surface area contributed by atoms with Gasteiger partial charge in [0, 0.05) is 71.1 Å². The molecule has 6 heteroatoms. The van der Waals surface area contributed by atoms with E-state index in [0.717, 1.165) is 106 Å². The first kappa shape index (κ1) is 21.3. The first-order valence-electron chi connectivity index (χ1n) is 14.3. The van der Waals surface area contributed by atoms with Crippen LogP contribution >= 0.6 is 0 Å². The first-order chi connectivity index (χ1) is 18.6. The molecule has 0 saturated heterocycles. The fourth-order valence-electron chi connectivity index (χ4n) is 8.35. The zero-order valence-corrected chi connectivity index (χ0v) is 21.6. The number of esters is 1. The van der Waals surface area contributed by atoms with Gasteiger partial charge in [0.05, 0.1) is 5.56 Å². The molecule has 3 aromatic rings. The molecule has 0 bridgehead atoms. The average Bonchev–Trinajstić information content (AvgIpc) is 3.22. The second-order valence-electron chi connectivity index (χ2n) is 11.8. The third-order valence-corrected chi connectivity index (χ3v) is 9.80. The number of hydrogen-bond acceptors (Lipinski definition) is 6. The summed E-state index contributed by atoms with van der Waals surface area (Å²) in [5.74, 6) is 1.54. The highest BCUT2D eigenvalue weighted by molar-refractivity contribution is 5.98. The highest BCUT2D eigenvalue weighted by atomic mass is 16.6. The molecular weight excluding hydrogens is 474 g/mol. The van der Waals surface area contributed by atoms with Gasteiger partial charge in [-0.25, -0.2) is 4.79 Å². The molecule has 6 aliphatic heterocycles. The van der Waals surface area contributed by atoms with Crippen molar-refractivity contribution in [3.63, 3.8) is 0 Å². The molecule has 0 atom stereocenters. The number of aryl methyl sites for hydroxylation is 2. The summed E-state index contributed by atoms with van der Waals surface area (Å²) in [5.41, 5.74) is 17.3. The van der Waals surface area contributed by atoms with Crippen LogP contribution in [0.5, 0.6) is 11.5 Å². The molecule has 0 unspecified atom stereocenters. The Morgan fingerprint density at radius 1 is 0.711 bits per heavy atom. The molecule has 0 fully saturated rings. The van der Waals surface area contributed by atoms with Crippen molar-refractivity contribution < 1.29 is 14.3 Å². The molecule has 0 aliphatic carbocycles. The Balaban J connectivity index is 1.41. The lowest BCUT2D eigenvalue weighted by Crippen LogP contribution is -2.40. The number of anilines is 3. The first-order valence-corrected chi connectivity index (χ1v) is 14.3. The van der Waals surface area contributed by atoms with Crippen molar-refractivity contribution in [2.24, 2.45) is 0 Å². The number of fused-ring (bicyclic) bond motifs is 8. The van der Waals surface area contributed by atoms with Crippen LogP contribution in [-0.4, -0.2) is 32.1 Å². The summed E-state index contributed by atoms with van der Waals surface area (Å²) in [5, 5.41) is 0. The predicted octanol–water partition coefficient (Wildman–Crippen LogP) is 5.23. The highest BCUT2D eigenvalue weighted by Gasteiger charge is 2.56. The maximum Gasteiger partial charge on any atom is 0.340 e. The van der Waals surface area contributed by atoms with Crippen LogP contribution in [0.1, 0.15) is 75.0 Å². The minimum Gasteiger partial charge on any atom is -0.456 e. The molecule has 6 nitrogen and oxygen atoms in total. The average molecular weight is 506 g/mol. The van der Waals surface area contributed by atoms with Gasteiger partial charge in [-0.15, -0.1) is 0 Å². The van der Waals surface area contributed by atoms with E-state index in [1.165, 1.54) is 33.6 Å². The number of benzene rings is 3. The van der Waals surface area contributed by atoms with Crippen LogP contribution in [0.2, 0.25) is 0 Å². The standard InChI is InChI=1S/C32H31N3O3/c33-20-9-10-24-23(17-20)31(36)38-32(24)25-15-18-5-1-11-34-13-3-7-21(27(18)34)29(25)37-30-22-8-4-14-35-12-2-6-19(28(22)35)16-26(30)32/h9-10,15-17H,1-8,11-14,33H2. The highest BCUT2D eigenvalue weighted by Crippen LogP contribution is 2.61. The van der Waals surface area contributed by atoms with E-state index in [1.54, 1.807) is 6.07 Å². The quantitative estimate of drug-likeness (QED) is 0.333. The molecule has 2 N–H and O–H groups in total. The van der Waals surface area contributed by atoms with Gasteiger partial charge in [-0.3, -0.25) is 0 Å². The molecule has 192 valence electrons. The second kappa shape index (κ2) is 7.25. The number of nitrogens with two attached hydrogens (primary N) is 1. The van der Waals surface area contributed by atoms with Crippen molar-refractivity contribution >= 4 is 23.0 Å². The maximum absolute atomic E-state index is 13.6. The fourth-order valence-corrected chi connectivity index (χ4v) is 8.35. The molecular formula is C32H31N3O3. The van der Waals surface area contributed by atoms with Gasteiger partial charge in [-0.2, -0.15) is 0 Å². The summed E-state index contributed by atoms with van der Waals surface area (Å²) in [6.07, 6.45) is 8.59. The van der Waals surface area contributed by atoms with Crippen molar-refractivity contribution in [3.8, 4) is 11.5 Å². The molecule has 0 radical (unpaired) electrons. The van der Waals surface area contributed by atoms with E-state index in [4.69, 9.17) is 15.2 Å². The second-order valence-corrected chi connectivity index (χ2v) is 11.8. The van der Waals surface area contributed by atoms with E-state index >= 15 is 0 Å². The zero-order valence-electron chi connectivity index (χ0n) is 21.6. The summed E-state index contributed by atoms with van der Waals surface area (Å²) in [7, 11) is 0. The lowest BCUT2D eigenvalue weighted by Gasteiger charge is -2.45.